The average Bonchev–Trinajstić information content (AvgIpc) is 3.23. The first kappa shape index (κ1) is 23.2. The van der Waals surface area contributed by atoms with Crippen LogP contribution in [0.15, 0.2) is 58.8 Å². The number of benzene rings is 2. The van der Waals surface area contributed by atoms with E-state index in [0.29, 0.717) is 24.5 Å². The lowest BCUT2D eigenvalue weighted by Crippen LogP contribution is -2.37. The highest BCUT2D eigenvalue weighted by molar-refractivity contribution is 7.89. The van der Waals surface area contributed by atoms with E-state index in [4.69, 9.17) is 9.47 Å². The Hall–Kier alpha value is -2.42. The molecule has 2 aromatic carbocycles. The van der Waals surface area contributed by atoms with Crippen molar-refractivity contribution in [3.05, 3.63) is 70.2 Å². The molecule has 0 N–H and O–H groups in total. The van der Waals surface area contributed by atoms with Crippen molar-refractivity contribution in [3.8, 4) is 11.5 Å². The first-order valence-electron chi connectivity index (χ1n) is 10.1. The molecule has 3 aromatic rings. The summed E-state index contributed by atoms with van der Waals surface area (Å²) < 4.78 is 39.1. The Morgan fingerprint density at radius 2 is 1.87 bits per heavy atom. The number of hydrogen-bond acceptors (Lipinski definition) is 6. The number of sulfonamides is 1. The van der Waals surface area contributed by atoms with Crippen LogP contribution in [0.2, 0.25) is 0 Å². The summed E-state index contributed by atoms with van der Waals surface area (Å²) in [6, 6.07) is 14.1. The number of ether oxygens (including phenoxy) is 2. The van der Waals surface area contributed by atoms with Gasteiger partial charge < -0.3 is 9.47 Å². The van der Waals surface area contributed by atoms with E-state index in [1.165, 1.54) is 15.6 Å². The van der Waals surface area contributed by atoms with Crippen LogP contribution in [-0.2, 0) is 23.2 Å². The minimum Gasteiger partial charge on any atom is -0.497 e. The fourth-order valence-electron chi connectivity index (χ4n) is 3.06. The Labute approximate surface area is 188 Å². The molecule has 31 heavy (non-hydrogen) atoms. The van der Waals surface area contributed by atoms with Crippen LogP contribution in [0.25, 0.3) is 0 Å². The maximum Gasteiger partial charge on any atom is 0.243 e. The van der Waals surface area contributed by atoms with E-state index in [1.54, 1.807) is 31.4 Å². The molecule has 0 fully saturated rings. The molecular weight excluding hydrogens is 432 g/mol. The van der Waals surface area contributed by atoms with Gasteiger partial charge in [0.25, 0.3) is 0 Å². The molecule has 1 aromatic heterocycles. The zero-order valence-electron chi connectivity index (χ0n) is 18.2. The van der Waals surface area contributed by atoms with Gasteiger partial charge in [-0.2, -0.15) is 4.31 Å². The number of nitrogens with zero attached hydrogens (tertiary/aromatic N) is 2. The Morgan fingerprint density at radius 3 is 2.52 bits per heavy atom. The molecule has 0 spiro atoms. The molecular formula is C23H28N2O4S2. The number of methoxy groups -OCH3 is 1. The quantitative estimate of drug-likeness (QED) is 0.424. The second kappa shape index (κ2) is 10.3. The number of aryl methyl sites for hydroxylation is 1. The van der Waals surface area contributed by atoms with E-state index in [0.717, 1.165) is 16.3 Å². The number of aromatic nitrogens is 1. The summed E-state index contributed by atoms with van der Waals surface area (Å²) in [5, 5.41) is 2.70. The van der Waals surface area contributed by atoms with E-state index in [2.05, 4.69) is 4.98 Å². The topological polar surface area (TPSA) is 68.7 Å². The van der Waals surface area contributed by atoms with Crippen LogP contribution in [0, 0.1) is 6.92 Å². The summed E-state index contributed by atoms with van der Waals surface area (Å²) >= 11 is 1.47. The smallest absolute Gasteiger partial charge is 0.243 e. The van der Waals surface area contributed by atoms with Crippen LogP contribution in [0.5, 0.6) is 11.5 Å². The first-order valence-corrected chi connectivity index (χ1v) is 12.4. The first-order chi connectivity index (χ1) is 14.8. The predicted molar refractivity (Wildman–Crippen MR) is 123 cm³/mol. The van der Waals surface area contributed by atoms with E-state index in [1.807, 2.05) is 50.4 Å². The Balaban J connectivity index is 1.75. The third-order valence-corrected chi connectivity index (χ3v) is 7.86. The summed E-state index contributed by atoms with van der Waals surface area (Å²) in [4.78, 5) is 4.85. The molecule has 0 aliphatic carbocycles. The second-order valence-corrected chi connectivity index (χ2v) is 10.2. The second-order valence-electron chi connectivity index (χ2n) is 7.32. The molecule has 0 radical (unpaired) electrons. The van der Waals surface area contributed by atoms with Gasteiger partial charge in [0.05, 0.1) is 24.2 Å². The van der Waals surface area contributed by atoms with Crippen molar-refractivity contribution in [3.63, 3.8) is 0 Å². The zero-order chi connectivity index (χ0) is 22.4. The molecule has 0 unspecified atom stereocenters. The van der Waals surface area contributed by atoms with Gasteiger partial charge in [-0.25, -0.2) is 13.4 Å². The molecule has 6 nitrogen and oxygen atoms in total. The van der Waals surface area contributed by atoms with Crippen molar-refractivity contribution >= 4 is 21.4 Å². The summed E-state index contributed by atoms with van der Waals surface area (Å²) in [5.41, 5.74) is 1.84. The Morgan fingerprint density at radius 1 is 1.13 bits per heavy atom. The van der Waals surface area contributed by atoms with Crippen LogP contribution in [0.4, 0.5) is 0 Å². The minimum absolute atomic E-state index is 0.166. The van der Waals surface area contributed by atoms with Crippen LogP contribution in [0.3, 0.4) is 0 Å². The van der Waals surface area contributed by atoms with Crippen molar-refractivity contribution in [1.29, 1.82) is 0 Å². The van der Waals surface area contributed by atoms with Gasteiger partial charge in [0.2, 0.25) is 10.0 Å². The molecule has 0 bridgehead atoms. The third kappa shape index (κ3) is 5.84. The van der Waals surface area contributed by atoms with Crippen LogP contribution in [-0.4, -0.2) is 30.9 Å². The summed E-state index contributed by atoms with van der Waals surface area (Å²) in [6.07, 6.45) is 0.697. The van der Waals surface area contributed by atoms with Gasteiger partial charge in [0.15, 0.2) is 0 Å². The SMILES string of the molecule is CC[C@@H](C)N(Cc1csc(COc2cccc(C)c2)n1)S(=O)(=O)c1ccc(OC)cc1. The van der Waals surface area contributed by atoms with Crippen molar-refractivity contribution in [2.24, 2.45) is 0 Å². The zero-order valence-corrected chi connectivity index (χ0v) is 19.9. The average molecular weight is 461 g/mol. The summed E-state index contributed by atoms with van der Waals surface area (Å²) in [5.74, 6) is 1.41. The lowest BCUT2D eigenvalue weighted by atomic mass is 10.2. The maximum atomic E-state index is 13.3. The standard InChI is InChI=1S/C23H28N2O4S2/c1-5-18(3)25(31(26,27)22-11-9-20(28-4)10-12-22)14-19-16-30-23(24-19)15-29-21-8-6-7-17(2)13-21/h6-13,16,18H,5,14-15H2,1-4H3/t18-/m1/s1. The largest absolute Gasteiger partial charge is 0.497 e. The van der Waals surface area contributed by atoms with Gasteiger partial charge in [-0.15, -0.1) is 11.3 Å². The highest BCUT2D eigenvalue weighted by Gasteiger charge is 2.29. The van der Waals surface area contributed by atoms with Gasteiger partial charge >= 0.3 is 0 Å². The Bertz CT molecular complexity index is 1090. The maximum absolute atomic E-state index is 13.3. The van der Waals surface area contributed by atoms with Gasteiger partial charge in [0.1, 0.15) is 23.1 Å². The lowest BCUT2D eigenvalue weighted by Gasteiger charge is -2.27. The van der Waals surface area contributed by atoms with Crippen molar-refractivity contribution < 1.29 is 17.9 Å². The fourth-order valence-corrected chi connectivity index (χ4v) is 5.43. The van der Waals surface area contributed by atoms with Crippen molar-refractivity contribution in [1.82, 2.24) is 9.29 Å². The van der Waals surface area contributed by atoms with E-state index >= 15 is 0 Å². The molecule has 3 rings (SSSR count). The number of hydrogen-bond donors (Lipinski definition) is 0. The van der Waals surface area contributed by atoms with Gasteiger partial charge in [-0.1, -0.05) is 19.1 Å². The van der Waals surface area contributed by atoms with Crippen molar-refractivity contribution in [2.75, 3.05) is 7.11 Å². The molecule has 0 saturated carbocycles. The normalized spacial score (nSPS) is 12.7. The van der Waals surface area contributed by atoms with Crippen LogP contribution >= 0.6 is 11.3 Å². The molecule has 0 amide bonds. The summed E-state index contributed by atoms with van der Waals surface area (Å²) in [7, 11) is -2.12. The van der Waals surface area contributed by atoms with E-state index in [9.17, 15) is 8.42 Å². The number of thiazole rings is 1. The van der Waals surface area contributed by atoms with E-state index < -0.39 is 10.0 Å². The highest BCUT2D eigenvalue weighted by Crippen LogP contribution is 2.25. The molecule has 0 aliphatic heterocycles. The minimum atomic E-state index is -3.68. The molecule has 166 valence electrons. The van der Waals surface area contributed by atoms with E-state index in [-0.39, 0.29) is 17.5 Å². The Kier molecular flexibility index (Phi) is 7.69. The van der Waals surface area contributed by atoms with Crippen molar-refractivity contribution in [2.45, 2.75) is 51.3 Å². The lowest BCUT2D eigenvalue weighted by molar-refractivity contribution is 0.302. The molecule has 1 heterocycles. The predicted octanol–water partition coefficient (Wildman–Crippen LogP) is 5.03. The van der Waals surface area contributed by atoms with Gasteiger partial charge in [-0.3, -0.25) is 0 Å². The van der Waals surface area contributed by atoms with Crippen LogP contribution in [0.1, 0.15) is 36.5 Å². The van der Waals surface area contributed by atoms with Gasteiger partial charge in [0, 0.05) is 11.4 Å². The molecule has 1 atom stereocenters. The highest BCUT2D eigenvalue weighted by atomic mass is 32.2. The summed E-state index contributed by atoms with van der Waals surface area (Å²) in [6.45, 7) is 6.46. The third-order valence-electron chi connectivity index (χ3n) is 5.02. The molecule has 0 aliphatic rings. The van der Waals surface area contributed by atoms with Crippen LogP contribution < -0.4 is 9.47 Å². The number of rotatable bonds is 10. The molecule has 0 saturated heterocycles. The fraction of sp³-hybridized carbons (Fsp3) is 0.348. The molecule has 8 heteroatoms. The monoisotopic (exact) mass is 460 g/mol. The van der Waals surface area contributed by atoms with Gasteiger partial charge in [-0.05, 0) is 62.2 Å².